The smallest absolute Gasteiger partial charge is 0.248 e. The lowest BCUT2D eigenvalue weighted by molar-refractivity contribution is -0.111. The highest BCUT2D eigenvalue weighted by Crippen LogP contribution is 2.25. The van der Waals surface area contributed by atoms with Crippen LogP contribution in [0.15, 0.2) is 53.0 Å². The number of amides is 1. The number of rotatable bonds is 6. The lowest BCUT2D eigenvalue weighted by Crippen LogP contribution is -2.08. The first kappa shape index (κ1) is 17.6. The molecule has 2 rings (SSSR count). The van der Waals surface area contributed by atoms with Crippen LogP contribution in [0, 0.1) is 0 Å². The van der Waals surface area contributed by atoms with Crippen molar-refractivity contribution in [3.8, 4) is 5.75 Å². The van der Waals surface area contributed by atoms with Crippen molar-refractivity contribution < 1.29 is 9.53 Å². The molecule has 0 aromatic heterocycles. The Kier molecular flexibility index (Phi) is 6.68. The molecule has 2 aromatic carbocycles. The summed E-state index contributed by atoms with van der Waals surface area (Å²) in [5, 5.41) is 3.23. The molecule has 0 unspecified atom stereocenters. The highest BCUT2D eigenvalue weighted by molar-refractivity contribution is 9.10. The Morgan fingerprint density at radius 3 is 2.65 bits per heavy atom. The average Bonchev–Trinajstić information content (AvgIpc) is 2.54. The van der Waals surface area contributed by atoms with Crippen molar-refractivity contribution in [3.05, 3.63) is 63.6 Å². The molecule has 0 radical (unpaired) electrons. The third-order valence-electron chi connectivity index (χ3n) is 2.97. The Hall–Kier alpha value is -1.78. The maximum Gasteiger partial charge on any atom is 0.248 e. The summed E-state index contributed by atoms with van der Waals surface area (Å²) in [4.78, 5) is 11.9. The third-order valence-corrected chi connectivity index (χ3v) is 3.78. The van der Waals surface area contributed by atoms with Crippen LogP contribution >= 0.6 is 27.5 Å². The molecule has 0 atom stereocenters. The molecule has 120 valence electrons. The zero-order chi connectivity index (χ0) is 16.7. The number of carbonyl (C=O) groups excluding carboxylic acids is 1. The van der Waals surface area contributed by atoms with E-state index in [-0.39, 0.29) is 5.91 Å². The van der Waals surface area contributed by atoms with Crippen molar-refractivity contribution in [1.82, 2.24) is 0 Å². The first-order valence-electron chi connectivity index (χ1n) is 7.25. The van der Waals surface area contributed by atoms with Crippen LogP contribution in [0.4, 0.5) is 5.69 Å². The van der Waals surface area contributed by atoms with E-state index in [1.807, 2.05) is 30.3 Å². The number of benzene rings is 2. The van der Waals surface area contributed by atoms with Gasteiger partial charge in [-0.3, -0.25) is 4.79 Å². The van der Waals surface area contributed by atoms with Gasteiger partial charge < -0.3 is 10.1 Å². The number of anilines is 1. The van der Waals surface area contributed by atoms with Crippen LogP contribution in [-0.4, -0.2) is 12.5 Å². The van der Waals surface area contributed by atoms with Gasteiger partial charge in [0.2, 0.25) is 5.91 Å². The second-order valence-electron chi connectivity index (χ2n) is 4.86. The minimum absolute atomic E-state index is 0.236. The van der Waals surface area contributed by atoms with Gasteiger partial charge in [-0.05, 0) is 48.4 Å². The summed E-state index contributed by atoms with van der Waals surface area (Å²) in [5.41, 5.74) is 1.50. The van der Waals surface area contributed by atoms with E-state index < -0.39 is 0 Å². The molecule has 0 spiro atoms. The van der Waals surface area contributed by atoms with Crippen molar-refractivity contribution >= 4 is 45.2 Å². The fourth-order valence-electron chi connectivity index (χ4n) is 1.83. The van der Waals surface area contributed by atoms with Gasteiger partial charge >= 0.3 is 0 Å². The van der Waals surface area contributed by atoms with Gasteiger partial charge in [-0.1, -0.05) is 46.6 Å². The van der Waals surface area contributed by atoms with Crippen molar-refractivity contribution in [1.29, 1.82) is 0 Å². The Morgan fingerprint density at radius 1 is 1.26 bits per heavy atom. The van der Waals surface area contributed by atoms with Gasteiger partial charge in [0.15, 0.2) is 0 Å². The number of carbonyl (C=O) groups is 1. The molecular formula is C18H17BrClNO2. The highest BCUT2D eigenvalue weighted by Gasteiger charge is 2.03. The van der Waals surface area contributed by atoms with Gasteiger partial charge in [0.05, 0.1) is 17.3 Å². The second kappa shape index (κ2) is 8.75. The maximum atomic E-state index is 11.9. The van der Waals surface area contributed by atoms with Crippen molar-refractivity contribution in [3.63, 3.8) is 0 Å². The predicted octanol–water partition coefficient (Wildman–Crippen LogP) is 5.54. The zero-order valence-electron chi connectivity index (χ0n) is 12.7. The summed E-state index contributed by atoms with van der Waals surface area (Å²) >= 11 is 9.39. The minimum Gasteiger partial charge on any atom is -0.494 e. The molecule has 3 nitrogen and oxygen atoms in total. The standard InChI is InChI=1S/C18H17BrClNO2/c1-2-11-23-15-7-3-13(4-8-15)5-10-18(22)21-17-9-6-14(19)12-16(17)20/h3-10,12H,2,11H2,1H3,(H,21,22)/b10-5+. The molecule has 23 heavy (non-hydrogen) atoms. The Balaban J connectivity index is 1.95. The van der Waals surface area contributed by atoms with E-state index in [0.29, 0.717) is 17.3 Å². The van der Waals surface area contributed by atoms with Crippen LogP contribution < -0.4 is 10.1 Å². The minimum atomic E-state index is -0.236. The molecule has 0 aliphatic rings. The molecule has 0 heterocycles. The third kappa shape index (κ3) is 5.73. The molecule has 2 aromatic rings. The zero-order valence-corrected chi connectivity index (χ0v) is 15.0. The number of hydrogen-bond donors (Lipinski definition) is 1. The Labute approximate surface area is 149 Å². The fourth-order valence-corrected chi connectivity index (χ4v) is 2.55. The molecule has 0 aliphatic carbocycles. The second-order valence-corrected chi connectivity index (χ2v) is 6.19. The van der Waals surface area contributed by atoms with Gasteiger partial charge in [-0.15, -0.1) is 0 Å². The number of nitrogens with one attached hydrogen (secondary N) is 1. The van der Waals surface area contributed by atoms with Gasteiger partial charge in [0, 0.05) is 10.5 Å². The summed E-state index contributed by atoms with van der Waals surface area (Å²) in [5.74, 6) is 0.593. The SMILES string of the molecule is CCCOc1ccc(/C=C/C(=O)Nc2ccc(Br)cc2Cl)cc1. The molecular weight excluding hydrogens is 378 g/mol. The van der Waals surface area contributed by atoms with Gasteiger partial charge in [0.25, 0.3) is 0 Å². The van der Waals surface area contributed by atoms with Crippen LogP contribution in [0.5, 0.6) is 5.75 Å². The van der Waals surface area contributed by atoms with Crippen LogP contribution in [0.1, 0.15) is 18.9 Å². The largest absolute Gasteiger partial charge is 0.494 e. The number of ether oxygens (including phenoxy) is 1. The number of hydrogen-bond acceptors (Lipinski definition) is 2. The normalized spacial score (nSPS) is 10.7. The van der Waals surface area contributed by atoms with E-state index in [1.165, 1.54) is 6.08 Å². The summed E-state index contributed by atoms with van der Waals surface area (Å²) in [6.45, 7) is 2.76. The molecule has 0 aliphatic heterocycles. The van der Waals surface area contributed by atoms with E-state index in [2.05, 4.69) is 28.2 Å². The van der Waals surface area contributed by atoms with E-state index in [0.717, 1.165) is 22.2 Å². The van der Waals surface area contributed by atoms with Gasteiger partial charge in [-0.25, -0.2) is 0 Å². The van der Waals surface area contributed by atoms with Crippen LogP contribution in [0.25, 0.3) is 6.08 Å². The maximum absolute atomic E-state index is 11.9. The predicted molar refractivity (Wildman–Crippen MR) is 99.0 cm³/mol. The number of halogens is 2. The van der Waals surface area contributed by atoms with Crippen molar-refractivity contribution in [2.24, 2.45) is 0 Å². The average molecular weight is 395 g/mol. The lowest BCUT2D eigenvalue weighted by Gasteiger charge is -2.05. The Morgan fingerprint density at radius 2 is 2.00 bits per heavy atom. The summed E-state index contributed by atoms with van der Waals surface area (Å²) in [7, 11) is 0. The molecule has 0 fully saturated rings. The van der Waals surface area contributed by atoms with E-state index in [1.54, 1.807) is 18.2 Å². The summed E-state index contributed by atoms with van der Waals surface area (Å²) < 4.78 is 6.38. The summed E-state index contributed by atoms with van der Waals surface area (Å²) in [6.07, 6.45) is 4.19. The molecule has 0 bridgehead atoms. The highest BCUT2D eigenvalue weighted by atomic mass is 79.9. The van der Waals surface area contributed by atoms with Gasteiger partial charge in [0.1, 0.15) is 5.75 Å². The van der Waals surface area contributed by atoms with E-state index >= 15 is 0 Å². The fraction of sp³-hybridized carbons (Fsp3) is 0.167. The topological polar surface area (TPSA) is 38.3 Å². The first-order chi connectivity index (χ1) is 11.1. The molecule has 1 N–H and O–H groups in total. The Bertz CT molecular complexity index is 699. The monoisotopic (exact) mass is 393 g/mol. The lowest BCUT2D eigenvalue weighted by atomic mass is 10.2. The molecule has 0 saturated carbocycles. The molecule has 1 amide bonds. The van der Waals surface area contributed by atoms with Crippen LogP contribution in [0.3, 0.4) is 0 Å². The van der Waals surface area contributed by atoms with Gasteiger partial charge in [-0.2, -0.15) is 0 Å². The van der Waals surface area contributed by atoms with E-state index in [9.17, 15) is 4.79 Å². The summed E-state index contributed by atoms with van der Waals surface area (Å²) in [6, 6.07) is 12.9. The molecule has 5 heteroatoms. The van der Waals surface area contributed by atoms with E-state index in [4.69, 9.17) is 16.3 Å². The first-order valence-corrected chi connectivity index (χ1v) is 8.42. The van der Waals surface area contributed by atoms with Crippen LogP contribution in [0.2, 0.25) is 5.02 Å². The van der Waals surface area contributed by atoms with Crippen molar-refractivity contribution in [2.75, 3.05) is 11.9 Å². The molecule has 0 saturated heterocycles. The quantitative estimate of drug-likeness (QED) is 0.653. The van der Waals surface area contributed by atoms with Crippen LogP contribution in [-0.2, 0) is 4.79 Å². The van der Waals surface area contributed by atoms with Crippen molar-refractivity contribution in [2.45, 2.75) is 13.3 Å².